The number of anilines is 2. The standard InChI is InChI=1S/C30H27N7O3/c1-30(2,3)24-17-25(37(36-24)18-9-5-4-6-10-18)33-28(38)32-21-13-14-22(20-12-8-7-11-19(20)21)40-23-15-16-31-27-26(23)34-29(39)35-27/h4-17,26H,1-3H3,(H,34,39)(H2,32,33,38). The number of carbonyl (C=O) groups is 2. The van der Waals surface area contributed by atoms with Crippen LogP contribution in [0.3, 0.4) is 0 Å². The van der Waals surface area contributed by atoms with Crippen LogP contribution in [0.15, 0.2) is 94.6 Å². The van der Waals surface area contributed by atoms with E-state index in [-0.39, 0.29) is 5.41 Å². The third kappa shape index (κ3) is 4.82. The molecule has 10 nitrogen and oxygen atoms in total. The fourth-order valence-corrected chi connectivity index (χ4v) is 4.54. The molecule has 2 aliphatic heterocycles. The largest absolute Gasteiger partial charge is 0.458 e. The summed E-state index contributed by atoms with van der Waals surface area (Å²) in [5, 5.41) is 15.0. The average Bonchev–Trinajstić information content (AvgIpc) is 3.54. The number of nitrogens with one attached hydrogen (secondary N) is 3. The predicted octanol–water partition coefficient (Wildman–Crippen LogP) is 5.80. The number of amidine groups is 1. The van der Waals surface area contributed by atoms with E-state index in [9.17, 15) is 9.59 Å². The Bertz CT molecular complexity index is 1730. The third-order valence-corrected chi connectivity index (χ3v) is 6.55. The van der Waals surface area contributed by atoms with Crippen molar-refractivity contribution >= 4 is 46.4 Å². The lowest BCUT2D eigenvalue weighted by atomic mass is 9.92. The fourth-order valence-electron chi connectivity index (χ4n) is 4.54. The Labute approximate surface area is 230 Å². The van der Waals surface area contributed by atoms with Crippen molar-refractivity contribution in [2.24, 2.45) is 9.98 Å². The zero-order valence-corrected chi connectivity index (χ0v) is 22.2. The van der Waals surface area contributed by atoms with Gasteiger partial charge >= 0.3 is 12.1 Å². The van der Waals surface area contributed by atoms with Crippen molar-refractivity contribution < 1.29 is 14.3 Å². The highest BCUT2D eigenvalue weighted by Gasteiger charge is 2.32. The number of hydrogen-bond donors (Lipinski definition) is 3. The molecular formula is C30H27N7O3. The van der Waals surface area contributed by atoms with Gasteiger partial charge in [-0.25, -0.2) is 19.3 Å². The molecule has 10 heteroatoms. The zero-order chi connectivity index (χ0) is 27.9. The van der Waals surface area contributed by atoms with Gasteiger partial charge in [0.2, 0.25) is 0 Å². The van der Waals surface area contributed by atoms with Crippen molar-refractivity contribution in [3.05, 3.63) is 90.3 Å². The molecule has 2 aliphatic rings. The molecule has 1 unspecified atom stereocenters. The Morgan fingerprint density at radius 1 is 0.975 bits per heavy atom. The second-order valence-electron chi connectivity index (χ2n) is 10.4. The van der Waals surface area contributed by atoms with Gasteiger partial charge in [-0.3, -0.25) is 5.32 Å². The molecule has 0 spiro atoms. The van der Waals surface area contributed by atoms with Crippen molar-refractivity contribution in [3.8, 4) is 11.4 Å². The summed E-state index contributed by atoms with van der Waals surface area (Å²) in [6.07, 6.45) is 3.25. The molecule has 0 radical (unpaired) electrons. The van der Waals surface area contributed by atoms with Crippen LogP contribution in [0, 0.1) is 0 Å². The smallest absolute Gasteiger partial charge is 0.343 e. The average molecular weight is 534 g/mol. The first-order valence-electron chi connectivity index (χ1n) is 12.8. The topological polar surface area (TPSA) is 122 Å². The predicted molar refractivity (Wildman–Crippen MR) is 156 cm³/mol. The highest BCUT2D eigenvalue weighted by Crippen LogP contribution is 2.34. The van der Waals surface area contributed by atoms with E-state index in [1.807, 2.05) is 60.7 Å². The van der Waals surface area contributed by atoms with Crippen LogP contribution in [0.4, 0.5) is 21.1 Å². The zero-order valence-electron chi connectivity index (χ0n) is 22.2. The van der Waals surface area contributed by atoms with E-state index in [1.165, 1.54) is 0 Å². The van der Waals surface area contributed by atoms with Crippen LogP contribution in [0.25, 0.3) is 16.5 Å². The van der Waals surface area contributed by atoms with Gasteiger partial charge in [0.15, 0.2) is 5.84 Å². The van der Waals surface area contributed by atoms with E-state index < -0.39 is 18.1 Å². The minimum Gasteiger partial charge on any atom is -0.458 e. The second-order valence-corrected chi connectivity index (χ2v) is 10.4. The van der Waals surface area contributed by atoms with Crippen LogP contribution in [0.1, 0.15) is 26.5 Å². The Morgan fingerprint density at radius 2 is 1.73 bits per heavy atom. The monoisotopic (exact) mass is 533 g/mol. The van der Waals surface area contributed by atoms with Gasteiger partial charge in [0, 0.05) is 28.5 Å². The van der Waals surface area contributed by atoms with Gasteiger partial charge in [0.05, 0.1) is 17.1 Å². The van der Waals surface area contributed by atoms with Crippen molar-refractivity contribution in [1.82, 2.24) is 15.1 Å². The Balaban J connectivity index is 1.26. The Hall–Kier alpha value is -5.25. The number of benzene rings is 3. The summed E-state index contributed by atoms with van der Waals surface area (Å²) in [6.45, 7) is 6.23. The molecule has 4 amide bonds. The fraction of sp³-hybridized carbons (Fsp3) is 0.167. The SMILES string of the molecule is CC(C)(C)c1cc(NC(=O)Nc2ccc(OC3=CC=NC4=NC(=O)NC34)c3ccccc23)n(-c2ccccc2)n1. The van der Waals surface area contributed by atoms with Gasteiger partial charge < -0.3 is 15.4 Å². The molecule has 3 aromatic carbocycles. The quantitative estimate of drug-likeness (QED) is 0.300. The summed E-state index contributed by atoms with van der Waals surface area (Å²) < 4.78 is 7.95. The number of carbonyl (C=O) groups excluding carboxylic acids is 2. The van der Waals surface area contributed by atoms with Crippen LogP contribution in [-0.4, -0.2) is 39.9 Å². The molecule has 0 saturated heterocycles. The molecule has 40 heavy (non-hydrogen) atoms. The van der Waals surface area contributed by atoms with Gasteiger partial charge in [-0.1, -0.05) is 63.2 Å². The highest BCUT2D eigenvalue weighted by molar-refractivity contribution is 6.11. The van der Waals surface area contributed by atoms with Gasteiger partial charge in [-0.05, 0) is 30.3 Å². The molecular weight excluding hydrogens is 506 g/mol. The lowest BCUT2D eigenvalue weighted by Gasteiger charge is -2.20. The van der Waals surface area contributed by atoms with Crippen molar-refractivity contribution in [3.63, 3.8) is 0 Å². The van der Waals surface area contributed by atoms with Crippen LogP contribution >= 0.6 is 0 Å². The summed E-state index contributed by atoms with van der Waals surface area (Å²) in [5.41, 5.74) is 2.10. The summed E-state index contributed by atoms with van der Waals surface area (Å²) in [4.78, 5) is 33.0. The number of fused-ring (bicyclic) bond motifs is 2. The summed E-state index contributed by atoms with van der Waals surface area (Å²) in [5.74, 6) is 2.00. The minimum absolute atomic E-state index is 0.202. The van der Waals surface area contributed by atoms with E-state index in [0.717, 1.165) is 22.2 Å². The minimum atomic E-state index is -0.535. The molecule has 3 heterocycles. The maximum atomic E-state index is 13.3. The van der Waals surface area contributed by atoms with E-state index >= 15 is 0 Å². The number of dihydropyridines is 1. The van der Waals surface area contributed by atoms with Crippen molar-refractivity contribution in [2.75, 3.05) is 10.6 Å². The van der Waals surface area contributed by atoms with Crippen LogP contribution < -0.4 is 20.7 Å². The van der Waals surface area contributed by atoms with E-state index in [4.69, 9.17) is 9.84 Å². The number of hydrogen-bond acceptors (Lipinski definition) is 5. The normalized spacial score (nSPS) is 16.2. The van der Waals surface area contributed by atoms with Crippen LogP contribution in [0.2, 0.25) is 0 Å². The van der Waals surface area contributed by atoms with Gasteiger partial charge in [0.1, 0.15) is 23.4 Å². The first-order chi connectivity index (χ1) is 19.3. The lowest BCUT2D eigenvalue weighted by Crippen LogP contribution is -2.36. The van der Waals surface area contributed by atoms with E-state index in [1.54, 1.807) is 29.1 Å². The molecule has 200 valence electrons. The number of ether oxygens (including phenoxy) is 1. The maximum Gasteiger partial charge on any atom is 0.343 e. The number of nitrogens with zero attached hydrogens (tertiary/aromatic N) is 4. The Morgan fingerprint density at radius 3 is 2.50 bits per heavy atom. The number of para-hydroxylation sites is 1. The third-order valence-electron chi connectivity index (χ3n) is 6.55. The van der Waals surface area contributed by atoms with E-state index in [2.05, 4.69) is 46.7 Å². The van der Waals surface area contributed by atoms with Crippen molar-refractivity contribution in [1.29, 1.82) is 0 Å². The van der Waals surface area contributed by atoms with Crippen LogP contribution in [0.5, 0.6) is 5.75 Å². The first kappa shape index (κ1) is 25.1. The molecule has 1 aromatic heterocycles. The molecule has 6 rings (SSSR count). The summed E-state index contributed by atoms with van der Waals surface area (Å²) >= 11 is 0. The summed E-state index contributed by atoms with van der Waals surface area (Å²) in [7, 11) is 0. The molecule has 0 bridgehead atoms. The van der Waals surface area contributed by atoms with Gasteiger partial charge in [-0.2, -0.15) is 10.1 Å². The molecule has 0 fully saturated rings. The number of rotatable bonds is 5. The van der Waals surface area contributed by atoms with Gasteiger partial charge in [0.25, 0.3) is 0 Å². The van der Waals surface area contributed by atoms with E-state index in [0.29, 0.717) is 28.8 Å². The Kier molecular flexibility index (Phi) is 6.14. The van der Waals surface area contributed by atoms with Crippen molar-refractivity contribution in [2.45, 2.75) is 32.2 Å². The van der Waals surface area contributed by atoms with Gasteiger partial charge in [-0.15, -0.1) is 0 Å². The van der Waals surface area contributed by atoms with Crippen LogP contribution in [-0.2, 0) is 5.41 Å². The number of urea groups is 2. The molecule has 0 aliphatic carbocycles. The number of aliphatic imine (C=N–C) groups is 2. The first-order valence-corrected chi connectivity index (χ1v) is 12.8. The lowest BCUT2D eigenvalue weighted by molar-refractivity contribution is 0.249. The maximum absolute atomic E-state index is 13.3. The summed E-state index contributed by atoms with van der Waals surface area (Å²) in [6, 6.07) is 21.3. The number of aromatic nitrogens is 2. The molecule has 1 atom stereocenters. The second kappa shape index (κ2) is 9.81. The molecule has 3 N–H and O–H groups in total. The number of allylic oxidation sites excluding steroid dienone is 1. The molecule has 0 saturated carbocycles. The molecule has 4 aromatic rings. The highest BCUT2D eigenvalue weighted by atomic mass is 16.5. The number of amides is 4.